The van der Waals surface area contributed by atoms with Gasteiger partial charge in [-0.05, 0) is 171 Å². The van der Waals surface area contributed by atoms with Crippen molar-refractivity contribution in [1.82, 2.24) is 73.4 Å². The first-order chi connectivity index (χ1) is 58.8. The zero-order chi connectivity index (χ0) is 89.9. The van der Waals surface area contributed by atoms with Gasteiger partial charge in [-0.25, -0.2) is 40.2 Å². The summed E-state index contributed by atoms with van der Waals surface area (Å²) in [5.41, 5.74) is 4.75. The molecule has 47 heteroatoms. The summed E-state index contributed by atoms with van der Waals surface area (Å²) in [5, 5.41) is 31.5. The summed E-state index contributed by atoms with van der Waals surface area (Å²) < 4.78 is 111. The van der Waals surface area contributed by atoms with E-state index >= 15 is 0 Å². The van der Waals surface area contributed by atoms with E-state index in [9.17, 15) is 25.3 Å². The number of piperidine rings is 6. The summed E-state index contributed by atoms with van der Waals surface area (Å²) in [6.45, 7) is 25.3. The Morgan fingerprint density at radius 2 is 0.847 bits per heavy atom. The first kappa shape index (κ1) is 104. The van der Waals surface area contributed by atoms with Crippen molar-refractivity contribution in [3.63, 3.8) is 0 Å². The summed E-state index contributed by atoms with van der Waals surface area (Å²) in [6, 6.07) is 12.0. The molecule has 10 aliphatic rings. The van der Waals surface area contributed by atoms with Crippen LogP contribution in [-0.4, -0.2) is 230 Å². The van der Waals surface area contributed by atoms with Crippen LogP contribution in [0.2, 0.25) is 5.15 Å². The van der Waals surface area contributed by atoms with E-state index in [1.54, 1.807) is 31.1 Å². The van der Waals surface area contributed by atoms with E-state index < -0.39 is 30.1 Å². The van der Waals surface area contributed by atoms with Gasteiger partial charge in [0.2, 0.25) is 47.9 Å². The number of aryl methyl sites for hydroxylation is 3. The van der Waals surface area contributed by atoms with Gasteiger partial charge in [-0.2, -0.15) is 43.2 Å². The van der Waals surface area contributed by atoms with Crippen molar-refractivity contribution in [2.45, 2.75) is 277 Å². The van der Waals surface area contributed by atoms with E-state index in [4.69, 9.17) is 55.1 Å². The van der Waals surface area contributed by atoms with Gasteiger partial charge in [-0.15, -0.1) is 0 Å². The van der Waals surface area contributed by atoms with Crippen LogP contribution in [0, 0.1) is 20.8 Å². The van der Waals surface area contributed by atoms with Gasteiger partial charge in [0.1, 0.15) is 39.7 Å². The number of aromatic amines is 3. The Labute approximate surface area is 813 Å². The molecule has 16 rings (SSSR count). The fourth-order valence-electron chi connectivity index (χ4n) is 17.3. The maximum atomic E-state index is 12.8. The number of hydrogen-bond acceptors (Lipinski definition) is 26. The normalized spacial score (nSPS) is 25.0. The van der Waals surface area contributed by atoms with E-state index in [-0.39, 0.29) is 128 Å². The quantitative estimate of drug-likeness (QED) is 0.0186. The Morgan fingerprint density at radius 3 is 1.18 bits per heavy atom. The van der Waals surface area contributed by atoms with Crippen LogP contribution in [-0.2, 0) is 53.6 Å². The second-order valence-corrected chi connectivity index (χ2v) is 235. The minimum absolute atomic E-state index is 0.0347. The Morgan fingerprint density at radius 1 is 0.484 bits per heavy atom. The zero-order valence-corrected chi connectivity index (χ0v) is 97.5. The van der Waals surface area contributed by atoms with Crippen LogP contribution in [0.4, 0.5) is 52.8 Å². The number of H-pyrrole nitrogens is 3. The first-order valence-corrected chi connectivity index (χ1v) is 104. The number of sulfonamides is 3. The van der Waals surface area contributed by atoms with E-state index in [1.165, 1.54) is 0 Å². The second kappa shape index (κ2) is 47.2. The van der Waals surface area contributed by atoms with Crippen LogP contribution in [0.3, 0.4) is 0 Å². The van der Waals surface area contributed by atoms with Crippen molar-refractivity contribution in [2.75, 3.05) is 88.9 Å². The average Bonchev–Trinajstić information content (AvgIpc) is 0.902. The molecule has 696 valence electrons. The number of halogens is 11. The summed E-state index contributed by atoms with van der Waals surface area (Å²) in [6.07, 6.45) is 21.2. The van der Waals surface area contributed by atoms with Crippen molar-refractivity contribution in [1.29, 1.82) is 0 Å². The molecule has 0 saturated carbocycles. The Balaban J connectivity index is 0.000000158. The fourth-order valence-corrected chi connectivity index (χ4v) is 860. The number of hydrogen-bond donors (Lipinski definition) is 6. The van der Waals surface area contributed by atoms with E-state index in [2.05, 4.69) is 178 Å². The summed E-state index contributed by atoms with van der Waals surface area (Å²) in [4.78, 5) is 34.7. The number of nitrogens with zero attached hydrogens (tertiary/aromatic N) is 15. The van der Waals surface area contributed by atoms with Crippen molar-refractivity contribution in [3.8, 4) is 0 Å². The molecule has 124 heavy (non-hydrogen) atoms. The number of rotatable bonds is 24. The molecule has 8 saturated heterocycles. The first-order valence-electron chi connectivity index (χ1n) is 42.2. The summed E-state index contributed by atoms with van der Waals surface area (Å²) in [5.74, 6) is 6.92. The van der Waals surface area contributed by atoms with Crippen LogP contribution in [0.15, 0.2) is 54.2 Å². The molecule has 0 aromatic carbocycles. The van der Waals surface area contributed by atoms with Gasteiger partial charge in [0.25, 0.3) is 0 Å². The molecule has 0 amide bonds. The molecule has 0 radical (unpaired) electrons. The predicted octanol–water partition coefficient (Wildman–Crippen LogP) is 21.3. The molecule has 8 fully saturated rings. The van der Waals surface area contributed by atoms with E-state index in [0.29, 0.717) is 64.5 Å². The number of aromatic nitrogens is 12. The molecule has 6 N–H and O–H groups in total. The van der Waals surface area contributed by atoms with Crippen LogP contribution in [0.25, 0.3) is 5.76 Å². The molecule has 0 spiro atoms. The number of nitrogens with one attached hydrogen (secondary N) is 6. The fraction of sp³-hybridized carbons (Fsp3) is 0.675. The van der Waals surface area contributed by atoms with Crippen LogP contribution in [0.5, 0.6) is 0 Å². The minimum atomic E-state index is -3.21. The van der Waals surface area contributed by atoms with Crippen LogP contribution >= 0.6 is 155 Å². The Bertz CT molecular complexity index is 4890. The number of anilines is 9. The molecule has 0 aliphatic carbocycles. The Hall–Kier alpha value is 0.0149. The van der Waals surface area contributed by atoms with Crippen molar-refractivity contribution in [2.24, 2.45) is 0 Å². The van der Waals surface area contributed by atoms with Crippen molar-refractivity contribution in [3.05, 3.63) is 87.8 Å². The SMILES string of the molecule is CC.CC1(C)OB(C2=CCCO2)OC1(C)C.CCS(=O)(=O)N1[C@@H]2CCC[C@H]1CC(N(C)c1nc(Cl)cc(Nc3cc(C)[nH]n3)n1)C2.CCS(=O)(=O)N1[C@@H]2CCC[C@H]1CC(N(C)c1nc(Nc3cc(C)[nH]n3)cc(C3=CCCO3)n1)C2.CCS(=O)(=O)N1[C@@H]2CCC[C@H]1CC(N(C)c1nc(Nc3cc(C)[nH]n3)cc(C3CCCO3)n1)C2.II(I)I(I)I(I)I(I)I. The van der Waals surface area contributed by atoms with E-state index in [0.717, 1.165) is 175 Å². The number of ether oxygens (including phenoxy) is 3. The van der Waals surface area contributed by atoms with Gasteiger partial charge in [-0.3, -0.25) is 15.3 Å². The van der Waals surface area contributed by atoms with Crippen molar-refractivity contribution >= 4 is 251 Å². The molecular formula is C77H119BClI10N21O11S3. The molecule has 32 nitrogen and oxygen atoms in total. The Kier molecular flexibility index (Phi) is 39.8. The zero-order valence-electron chi connectivity index (χ0n) is 72.7. The van der Waals surface area contributed by atoms with Gasteiger partial charge in [0.15, 0.2) is 17.5 Å². The van der Waals surface area contributed by atoms with Gasteiger partial charge in [0, 0.05) is 148 Å². The molecule has 6 aromatic heterocycles. The molecular weight excluding hydrogens is 2810 g/mol. The van der Waals surface area contributed by atoms with Crippen LogP contribution < -0.4 is 30.7 Å². The summed E-state index contributed by atoms with van der Waals surface area (Å²) >= 11 is 23.1. The summed E-state index contributed by atoms with van der Waals surface area (Å²) in [7, 11) is -5.24. The topological polar surface area (TPSA) is 367 Å². The van der Waals surface area contributed by atoms with Crippen molar-refractivity contribution < 1.29 is 48.8 Å². The van der Waals surface area contributed by atoms with Gasteiger partial charge >= 0.3 is 150 Å². The van der Waals surface area contributed by atoms with Crippen LogP contribution in [0.1, 0.15) is 219 Å². The molecule has 16 heterocycles. The van der Waals surface area contributed by atoms with E-state index in [1.807, 2.05) is 139 Å². The third kappa shape index (κ3) is 27.3. The van der Waals surface area contributed by atoms with Gasteiger partial charge < -0.3 is 54.2 Å². The van der Waals surface area contributed by atoms with Gasteiger partial charge in [0.05, 0.1) is 53.5 Å². The third-order valence-electron chi connectivity index (χ3n) is 24.0. The monoisotopic (exact) mass is 2920 g/mol. The van der Waals surface area contributed by atoms with Gasteiger partial charge in [-0.1, -0.05) is 44.7 Å². The molecule has 6 bridgehead atoms. The molecule has 10 aliphatic heterocycles. The predicted molar refractivity (Wildman–Crippen MR) is 586 cm³/mol. The molecule has 4 unspecified atom stereocenters. The molecule has 6 aromatic rings. The molecule has 10 atom stereocenters. The standard InChI is InChI=1S/C23H35N7O3S.C23H33N7O3S.C19H28ClN7O2S.C10H17BO3.C2H6.I10/c2*1-4-34(31,32)30-16-7-5-8-17(30)13-18(12-16)29(3)23-24-19(20-9-6-10-33-20)14-21(26-23)25-22-11-15(2)27-28-22;1-4-30(28,29)27-13-6-5-7-14(27)10-15(9-13)26(3)19-21-16(20)11-17(23-19)22-18-8-12(2)24-25-18;1-9(2)10(3,4)14-11(13-9)8-6-5-7-12-8;1-2;1-7(2)9(5)10(6)8(3)4/h11,14,16-18,20H,4-10,12-13H2,1-3H3,(H2,24,25,26,27,28);9,11,14,16-18H,4-8,10,12-13H2,1-3H3,(H2,24,25,26,27,28);8,11,13-15H,4-7,9-10H2,1-3H3,(H2,21,22,23,24,25);6H,5,7H2,1-4H3;1-2H3;/t16-,17+,18?,20?;16-,17+,18?;13-,14+,15?;;;. The average molecular weight is 2930 g/mol. The second-order valence-electron chi connectivity index (χ2n) is 32.8. The maximum absolute atomic E-state index is 12.8. The number of fused-ring (bicyclic) bond motifs is 6. The third-order valence-corrected chi connectivity index (χ3v) is 526.